The minimum atomic E-state index is 0. The van der Waals surface area contributed by atoms with Gasteiger partial charge in [-0.25, -0.2) is 4.99 Å². The smallest absolute Gasteiger partial charge is 0.243 e. The highest BCUT2D eigenvalue weighted by molar-refractivity contribution is 14.0. The van der Waals surface area contributed by atoms with Crippen LogP contribution < -0.4 is 10.6 Å². The van der Waals surface area contributed by atoms with Crippen LogP contribution >= 0.6 is 24.0 Å². The Balaban J connectivity index is 0.00000729. The number of hydrogen-bond donors (Lipinski definition) is 2. The Morgan fingerprint density at radius 3 is 2.18 bits per heavy atom. The molecule has 0 aromatic rings. The van der Waals surface area contributed by atoms with Gasteiger partial charge in [0.15, 0.2) is 5.96 Å². The van der Waals surface area contributed by atoms with E-state index in [0.717, 1.165) is 58.2 Å². The molecule has 0 aliphatic carbocycles. The molecule has 1 aliphatic heterocycles. The van der Waals surface area contributed by atoms with Gasteiger partial charge in [0.25, 0.3) is 0 Å². The zero-order valence-corrected chi connectivity index (χ0v) is 21.0. The number of nitrogens with one attached hydrogen (secondary N) is 2. The van der Waals surface area contributed by atoms with Gasteiger partial charge < -0.3 is 20.3 Å². The lowest BCUT2D eigenvalue weighted by Crippen LogP contribution is -2.53. The van der Waals surface area contributed by atoms with E-state index in [0.29, 0.717) is 17.9 Å². The Morgan fingerprint density at radius 2 is 1.68 bits per heavy atom. The van der Waals surface area contributed by atoms with Crippen LogP contribution in [0.1, 0.15) is 40.5 Å². The fourth-order valence-corrected chi connectivity index (χ4v) is 3.30. The van der Waals surface area contributed by atoms with E-state index in [-0.39, 0.29) is 36.4 Å². The van der Waals surface area contributed by atoms with E-state index in [1.54, 1.807) is 19.0 Å². The lowest BCUT2D eigenvalue weighted by Gasteiger charge is -2.39. The normalized spacial score (nSPS) is 16.6. The second kappa shape index (κ2) is 15.3. The predicted octanol–water partition coefficient (Wildman–Crippen LogP) is 2.02. The summed E-state index contributed by atoms with van der Waals surface area (Å²) in [6, 6.07) is 0.444. The Bertz CT molecular complexity index is 450. The molecule has 1 amide bonds. The number of guanidine groups is 1. The summed E-state index contributed by atoms with van der Waals surface area (Å²) in [6.45, 7) is 14.2. The van der Waals surface area contributed by atoms with Crippen LogP contribution in [0.4, 0.5) is 0 Å². The first-order valence-electron chi connectivity index (χ1n) is 10.4. The van der Waals surface area contributed by atoms with Gasteiger partial charge in [-0.15, -0.1) is 24.0 Å². The quantitative estimate of drug-likeness (QED) is 0.267. The summed E-state index contributed by atoms with van der Waals surface area (Å²) in [5, 5.41) is 6.87. The molecule has 1 rings (SSSR count). The van der Waals surface area contributed by atoms with Crippen molar-refractivity contribution in [2.24, 2.45) is 16.8 Å². The molecular formula is C20H42IN5O2. The number of rotatable bonds is 10. The summed E-state index contributed by atoms with van der Waals surface area (Å²) >= 11 is 0. The fourth-order valence-electron chi connectivity index (χ4n) is 3.30. The van der Waals surface area contributed by atoms with Crippen molar-refractivity contribution >= 4 is 35.8 Å². The third-order valence-corrected chi connectivity index (χ3v) is 5.14. The maximum atomic E-state index is 11.9. The number of nitrogens with zero attached hydrogens (tertiary/aromatic N) is 3. The molecule has 0 aromatic heterocycles. The van der Waals surface area contributed by atoms with Crippen molar-refractivity contribution in [2.45, 2.75) is 46.6 Å². The van der Waals surface area contributed by atoms with Crippen LogP contribution in [0.15, 0.2) is 4.99 Å². The van der Waals surface area contributed by atoms with Crippen LogP contribution in [-0.2, 0) is 9.53 Å². The molecule has 1 heterocycles. The van der Waals surface area contributed by atoms with E-state index >= 15 is 0 Å². The largest absolute Gasteiger partial charge is 0.379 e. The van der Waals surface area contributed by atoms with Crippen molar-refractivity contribution in [3.8, 4) is 0 Å². The van der Waals surface area contributed by atoms with E-state index in [1.807, 2.05) is 0 Å². The molecule has 0 spiro atoms. The summed E-state index contributed by atoms with van der Waals surface area (Å²) in [6.07, 6.45) is 2.32. The van der Waals surface area contributed by atoms with Crippen LogP contribution in [0.25, 0.3) is 0 Å². The third-order valence-electron chi connectivity index (χ3n) is 5.14. The number of ether oxygens (including phenoxy) is 1. The third kappa shape index (κ3) is 10.2. The number of carbonyl (C=O) groups is 1. The Labute approximate surface area is 189 Å². The van der Waals surface area contributed by atoms with Crippen molar-refractivity contribution in [1.82, 2.24) is 20.4 Å². The van der Waals surface area contributed by atoms with Crippen LogP contribution in [0.5, 0.6) is 0 Å². The molecule has 7 nitrogen and oxygen atoms in total. The van der Waals surface area contributed by atoms with Crippen molar-refractivity contribution in [3.63, 3.8) is 0 Å². The summed E-state index contributed by atoms with van der Waals surface area (Å²) in [7, 11) is 3.52. The van der Waals surface area contributed by atoms with Gasteiger partial charge in [0.1, 0.15) is 6.54 Å². The van der Waals surface area contributed by atoms with Gasteiger partial charge in [0.05, 0.1) is 13.2 Å². The Kier molecular flexibility index (Phi) is 14.9. The highest BCUT2D eigenvalue weighted by Gasteiger charge is 2.27. The van der Waals surface area contributed by atoms with E-state index < -0.39 is 0 Å². The van der Waals surface area contributed by atoms with Gasteiger partial charge in [0, 0.05) is 46.3 Å². The second-order valence-corrected chi connectivity index (χ2v) is 7.90. The predicted molar refractivity (Wildman–Crippen MR) is 128 cm³/mol. The van der Waals surface area contributed by atoms with E-state index in [4.69, 9.17) is 4.74 Å². The van der Waals surface area contributed by atoms with Crippen molar-refractivity contribution < 1.29 is 9.53 Å². The number of aliphatic imine (C=N–C) groups is 1. The standard InChI is InChI=1S/C20H41N5O2.HI/c1-7-17(8-2)18(25-9-11-27-12-10-25)14-22-20(21-13-16(3)4)23-15-19(26)24(5)6;/h16-18H,7-15H2,1-6H3,(H2,21,22,23);1H. The molecule has 1 saturated heterocycles. The zero-order valence-electron chi connectivity index (χ0n) is 18.7. The highest BCUT2D eigenvalue weighted by atomic mass is 127. The van der Waals surface area contributed by atoms with Crippen LogP contribution in [0, 0.1) is 11.8 Å². The minimum Gasteiger partial charge on any atom is -0.379 e. The number of halogens is 1. The van der Waals surface area contributed by atoms with Gasteiger partial charge in [-0.1, -0.05) is 40.5 Å². The monoisotopic (exact) mass is 511 g/mol. The average Bonchev–Trinajstić information content (AvgIpc) is 2.66. The Morgan fingerprint density at radius 1 is 1.11 bits per heavy atom. The molecule has 1 unspecified atom stereocenters. The fraction of sp³-hybridized carbons (Fsp3) is 0.900. The van der Waals surface area contributed by atoms with Crippen molar-refractivity contribution in [1.29, 1.82) is 0 Å². The first-order valence-corrected chi connectivity index (χ1v) is 10.4. The van der Waals surface area contributed by atoms with E-state index in [2.05, 4.69) is 48.2 Å². The van der Waals surface area contributed by atoms with Crippen molar-refractivity contribution in [2.75, 3.05) is 60.0 Å². The topological polar surface area (TPSA) is 69.2 Å². The first-order chi connectivity index (χ1) is 12.9. The number of amides is 1. The van der Waals surface area contributed by atoms with Gasteiger partial charge in [-0.2, -0.15) is 0 Å². The highest BCUT2D eigenvalue weighted by Crippen LogP contribution is 2.19. The van der Waals surface area contributed by atoms with Gasteiger partial charge >= 0.3 is 0 Å². The molecule has 1 atom stereocenters. The molecule has 0 saturated carbocycles. The van der Waals surface area contributed by atoms with Crippen LogP contribution in [0.2, 0.25) is 0 Å². The van der Waals surface area contributed by atoms with Gasteiger partial charge in [-0.05, 0) is 11.8 Å². The molecule has 8 heteroatoms. The first kappa shape index (κ1) is 27.4. The summed E-state index contributed by atoms with van der Waals surface area (Å²) in [5.74, 6) is 1.87. The van der Waals surface area contributed by atoms with Gasteiger partial charge in [0.2, 0.25) is 5.91 Å². The lowest BCUT2D eigenvalue weighted by atomic mass is 9.92. The second-order valence-electron chi connectivity index (χ2n) is 7.90. The minimum absolute atomic E-state index is 0. The lowest BCUT2D eigenvalue weighted by molar-refractivity contribution is -0.127. The number of likely N-dealkylation sites (N-methyl/N-ethyl adjacent to an activating group) is 1. The zero-order chi connectivity index (χ0) is 20.2. The van der Waals surface area contributed by atoms with Crippen LogP contribution in [0.3, 0.4) is 0 Å². The van der Waals surface area contributed by atoms with Gasteiger partial charge in [-0.3, -0.25) is 9.69 Å². The summed E-state index contributed by atoms with van der Waals surface area (Å²) in [4.78, 5) is 20.5. The molecule has 1 fully saturated rings. The molecule has 0 radical (unpaired) electrons. The van der Waals surface area contributed by atoms with E-state index in [9.17, 15) is 4.79 Å². The maximum Gasteiger partial charge on any atom is 0.243 e. The molecule has 166 valence electrons. The number of carbonyl (C=O) groups excluding carboxylic acids is 1. The number of morpholine rings is 1. The molecule has 0 aromatic carbocycles. The van der Waals surface area contributed by atoms with Crippen molar-refractivity contribution in [3.05, 3.63) is 0 Å². The summed E-state index contributed by atoms with van der Waals surface area (Å²) < 4.78 is 5.53. The Hall–Kier alpha value is -0.610. The average molecular weight is 511 g/mol. The summed E-state index contributed by atoms with van der Waals surface area (Å²) in [5.41, 5.74) is 0. The van der Waals surface area contributed by atoms with Crippen LogP contribution in [-0.4, -0.2) is 87.7 Å². The number of hydrogen-bond acceptors (Lipinski definition) is 4. The maximum absolute atomic E-state index is 11.9. The molecule has 28 heavy (non-hydrogen) atoms. The SMILES string of the molecule is CCC(CC)C(CNC(=NCC(=O)N(C)C)NCC(C)C)N1CCOCC1.I. The van der Waals surface area contributed by atoms with E-state index in [1.165, 1.54) is 0 Å². The molecule has 1 aliphatic rings. The molecule has 2 N–H and O–H groups in total. The molecule has 0 bridgehead atoms. The molecular weight excluding hydrogens is 469 g/mol.